The molecule has 0 saturated heterocycles. The lowest BCUT2D eigenvalue weighted by molar-refractivity contribution is -0.127. The van der Waals surface area contributed by atoms with Gasteiger partial charge in [-0.15, -0.1) is 10.2 Å². The van der Waals surface area contributed by atoms with Gasteiger partial charge in [-0.3, -0.25) is 4.79 Å². The molecule has 1 aliphatic rings. The number of aromatic amines is 1. The molecule has 3 aromatic rings. The molecule has 1 aliphatic carbocycles. The summed E-state index contributed by atoms with van der Waals surface area (Å²) in [5, 5.41) is 19.4. The lowest BCUT2D eigenvalue weighted by atomic mass is 10.1. The summed E-state index contributed by atoms with van der Waals surface area (Å²) in [6, 6.07) is 10.9. The number of hydrogen-bond acceptors (Lipinski definition) is 4. The van der Waals surface area contributed by atoms with Gasteiger partial charge in [0.1, 0.15) is 5.75 Å². The highest BCUT2D eigenvalue weighted by Gasteiger charge is 2.50. The molecule has 1 saturated carbocycles. The van der Waals surface area contributed by atoms with Crippen LogP contribution in [-0.4, -0.2) is 38.1 Å². The zero-order chi connectivity index (χ0) is 17.6. The Morgan fingerprint density at radius 2 is 2.08 bits per heavy atom. The van der Waals surface area contributed by atoms with Gasteiger partial charge in [-0.05, 0) is 43.2 Å². The molecule has 2 N–H and O–H groups in total. The van der Waals surface area contributed by atoms with Crippen molar-refractivity contribution in [3.05, 3.63) is 54.7 Å². The molecule has 2 aromatic heterocycles. The van der Waals surface area contributed by atoms with Crippen molar-refractivity contribution >= 4 is 16.9 Å². The van der Waals surface area contributed by atoms with Crippen molar-refractivity contribution in [2.45, 2.75) is 18.4 Å². The van der Waals surface area contributed by atoms with E-state index in [1.165, 1.54) is 6.08 Å². The first kappa shape index (κ1) is 15.4. The molecule has 2 heterocycles. The molecule has 0 aliphatic heterocycles. The average molecular weight is 334 g/mol. The number of benzene rings is 1. The molecule has 0 unspecified atom stereocenters. The topological polar surface area (TPSA) is 82.1 Å². The van der Waals surface area contributed by atoms with Crippen LogP contribution in [0.15, 0.2) is 49.1 Å². The second kappa shape index (κ2) is 5.44. The predicted molar refractivity (Wildman–Crippen MR) is 94.9 cm³/mol. The first-order valence-corrected chi connectivity index (χ1v) is 8.11. The van der Waals surface area contributed by atoms with E-state index < -0.39 is 0 Å². The molecule has 25 heavy (non-hydrogen) atoms. The van der Waals surface area contributed by atoms with Gasteiger partial charge in [-0.2, -0.15) is 0 Å². The van der Waals surface area contributed by atoms with Crippen LogP contribution >= 0.6 is 0 Å². The minimum atomic E-state index is -0.318. The summed E-state index contributed by atoms with van der Waals surface area (Å²) in [5.41, 5.74) is 2.54. The predicted octanol–water partition coefficient (Wildman–Crippen LogP) is 2.96. The Kier molecular flexibility index (Phi) is 3.35. The lowest BCUT2D eigenvalue weighted by Crippen LogP contribution is -2.36. The fraction of sp³-hybridized carbons (Fsp3) is 0.211. The van der Waals surface area contributed by atoms with Crippen molar-refractivity contribution in [1.29, 1.82) is 0 Å². The number of H-pyrrole nitrogens is 1. The van der Waals surface area contributed by atoms with Gasteiger partial charge < -0.3 is 15.0 Å². The van der Waals surface area contributed by atoms with E-state index in [0.29, 0.717) is 16.9 Å². The SMILES string of the molecule is C=CC(=O)N(C)C1(c2cc3cc(-c4ccccc4O)nnc3[nH]2)CC1. The lowest BCUT2D eigenvalue weighted by Gasteiger charge is -2.26. The van der Waals surface area contributed by atoms with E-state index in [0.717, 1.165) is 23.9 Å². The Hall–Kier alpha value is -3.15. The van der Waals surface area contributed by atoms with Crippen LogP contribution in [0.4, 0.5) is 0 Å². The van der Waals surface area contributed by atoms with Gasteiger partial charge in [0.05, 0.1) is 11.2 Å². The largest absolute Gasteiger partial charge is 0.507 e. The minimum absolute atomic E-state index is 0.0999. The molecular formula is C19H18N4O2. The number of para-hydroxylation sites is 1. The summed E-state index contributed by atoms with van der Waals surface area (Å²) < 4.78 is 0. The second-order valence-corrected chi connectivity index (χ2v) is 6.37. The Morgan fingerprint density at radius 1 is 1.32 bits per heavy atom. The van der Waals surface area contributed by atoms with Crippen LogP contribution in [0.1, 0.15) is 18.5 Å². The number of fused-ring (bicyclic) bond motifs is 1. The van der Waals surface area contributed by atoms with Gasteiger partial charge in [0.15, 0.2) is 5.65 Å². The fourth-order valence-electron chi connectivity index (χ4n) is 3.26. The quantitative estimate of drug-likeness (QED) is 0.719. The molecule has 0 atom stereocenters. The molecule has 0 bridgehead atoms. The third-order valence-electron chi connectivity index (χ3n) is 4.93. The van der Waals surface area contributed by atoms with Crippen LogP contribution < -0.4 is 0 Å². The molecule has 0 radical (unpaired) electrons. The second-order valence-electron chi connectivity index (χ2n) is 6.37. The van der Waals surface area contributed by atoms with Crippen molar-refractivity contribution in [1.82, 2.24) is 20.1 Å². The molecule has 1 fully saturated rings. The number of carbonyl (C=O) groups is 1. The van der Waals surface area contributed by atoms with E-state index in [9.17, 15) is 9.90 Å². The summed E-state index contributed by atoms with van der Waals surface area (Å²) in [4.78, 5) is 17.0. The number of carbonyl (C=O) groups excluding carboxylic acids is 1. The van der Waals surface area contributed by atoms with E-state index in [4.69, 9.17) is 0 Å². The van der Waals surface area contributed by atoms with E-state index in [1.807, 2.05) is 18.2 Å². The Labute approximate surface area is 144 Å². The molecule has 4 rings (SSSR count). The number of nitrogens with one attached hydrogen (secondary N) is 1. The van der Waals surface area contributed by atoms with Crippen molar-refractivity contribution in [2.24, 2.45) is 0 Å². The van der Waals surface area contributed by atoms with Crippen molar-refractivity contribution in [3.63, 3.8) is 0 Å². The molecule has 6 heteroatoms. The zero-order valence-electron chi connectivity index (χ0n) is 13.9. The number of phenolic OH excluding ortho intramolecular Hbond substituents is 1. The number of amides is 1. The third kappa shape index (κ3) is 2.38. The van der Waals surface area contributed by atoms with E-state index in [-0.39, 0.29) is 17.2 Å². The monoisotopic (exact) mass is 334 g/mol. The molecule has 126 valence electrons. The minimum Gasteiger partial charge on any atom is -0.507 e. The van der Waals surface area contributed by atoms with Crippen molar-refractivity contribution < 1.29 is 9.90 Å². The Bertz CT molecular complexity index is 988. The zero-order valence-corrected chi connectivity index (χ0v) is 13.9. The number of likely N-dealkylation sites (N-methyl/N-ethyl adjacent to an activating group) is 1. The van der Waals surface area contributed by atoms with Crippen molar-refractivity contribution in [3.8, 4) is 17.0 Å². The van der Waals surface area contributed by atoms with Crippen LogP contribution in [0, 0.1) is 0 Å². The maximum Gasteiger partial charge on any atom is 0.246 e. The third-order valence-corrected chi connectivity index (χ3v) is 4.93. The molecule has 6 nitrogen and oxygen atoms in total. The van der Waals surface area contributed by atoms with Crippen LogP contribution in [0.3, 0.4) is 0 Å². The summed E-state index contributed by atoms with van der Waals surface area (Å²) in [6.45, 7) is 3.57. The average Bonchev–Trinajstić information content (AvgIpc) is 3.33. The number of rotatable bonds is 4. The highest BCUT2D eigenvalue weighted by molar-refractivity contribution is 5.88. The fourth-order valence-corrected chi connectivity index (χ4v) is 3.26. The summed E-state index contributed by atoms with van der Waals surface area (Å²) in [5.74, 6) is 0.0685. The van der Waals surface area contributed by atoms with Gasteiger partial charge in [-0.1, -0.05) is 18.7 Å². The number of aromatic hydroxyl groups is 1. The van der Waals surface area contributed by atoms with E-state index in [1.54, 1.807) is 30.1 Å². The van der Waals surface area contributed by atoms with Crippen LogP contribution in [0.2, 0.25) is 0 Å². The first-order chi connectivity index (χ1) is 12.0. The Morgan fingerprint density at radius 3 is 2.76 bits per heavy atom. The maximum absolute atomic E-state index is 12.0. The number of nitrogens with zero attached hydrogens (tertiary/aromatic N) is 3. The standard InChI is InChI=1S/C19H18N4O2/c1-3-17(25)23(2)19(8-9-19)16-11-12-10-14(21-22-18(12)20-16)13-6-4-5-7-15(13)24/h3-7,10-11,24H,1,8-9H2,2H3,(H,20,22). The normalized spacial score (nSPS) is 15.1. The summed E-state index contributed by atoms with van der Waals surface area (Å²) in [6.07, 6.45) is 3.13. The summed E-state index contributed by atoms with van der Waals surface area (Å²) >= 11 is 0. The van der Waals surface area contributed by atoms with Crippen LogP contribution in [-0.2, 0) is 10.3 Å². The number of phenols is 1. The Balaban J connectivity index is 1.76. The van der Waals surface area contributed by atoms with Gasteiger partial charge >= 0.3 is 0 Å². The van der Waals surface area contributed by atoms with Crippen LogP contribution in [0.5, 0.6) is 5.75 Å². The van der Waals surface area contributed by atoms with Gasteiger partial charge in [0.2, 0.25) is 5.91 Å². The number of hydrogen-bond donors (Lipinski definition) is 2. The van der Waals surface area contributed by atoms with Gasteiger partial charge in [0.25, 0.3) is 0 Å². The van der Waals surface area contributed by atoms with Gasteiger partial charge in [0, 0.05) is 23.7 Å². The first-order valence-electron chi connectivity index (χ1n) is 8.11. The smallest absolute Gasteiger partial charge is 0.246 e. The highest BCUT2D eigenvalue weighted by Crippen LogP contribution is 2.50. The molecule has 0 spiro atoms. The van der Waals surface area contributed by atoms with Gasteiger partial charge in [-0.25, -0.2) is 0 Å². The molecule has 1 amide bonds. The van der Waals surface area contributed by atoms with E-state index in [2.05, 4.69) is 21.8 Å². The maximum atomic E-state index is 12.0. The molecule has 1 aromatic carbocycles. The summed E-state index contributed by atoms with van der Waals surface area (Å²) in [7, 11) is 1.79. The number of aromatic nitrogens is 3. The van der Waals surface area contributed by atoms with Crippen molar-refractivity contribution in [2.75, 3.05) is 7.05 Å². The van der Waals surface area contributed by atoms with Crippen LogP contribution in [0.25, 0.3) is 22.3 Å². The molecular weight excluding hydrogens is 316 g/mol. The highest BCUT2D eigenvalue weighted by atomic mass is 16.3. The van der Waals surface area contributed by atoms with E-state index >= 15 is 0 Å².